The van der Waals surface area contributed by atoms with Crippen molar-refractivity contribution in [1.82, 2.24) is 4.31 Å². The largest absolute Gasteiger partial charge is 0.494 e. The summed E-state index contributed by atoms with van der Waals surface area (Å²) in [5, 5.41) is 10.7. The summed E-state index contributed by atoms with van der Waals surface area (Å²) in [6, 6.07) is 1.39. The molecule has 0 aliphatic carbocycles. The summed E-state index contributed by atoms with van der Waals surface area (Å²) in [5.41, 5.74) is 0. The highest BCUT2D eigenvalue weighted by Gasteiger charge is 2.39. The molecule has 112 valence electrons. The number of sulfonamides is 1. The van der Waals surface area contributed by atoms with E-state index in [2.05, 4.69) is 0 Å². The highest BCUT2D eigenvalue weighted by Crippen LogP contribution is 2.35. The minimum Gasteiger partial charge on any atom is -0.494 e. The lowest BCUT2D eigenvalue weighted by Gasteiger charge is -2.35. The Hall–Kier alpha value is -1.12. The molecule has 1 saturated heterocycles. The maximum absolute atomic E-state index is 12.7. The molecule has 1 N–H and O–H groups in total. The monoisotopic (exact) mass is 319 g/mol. The van der Waals surface area contributed by atoms with Gasteiger partial charge in [-0.15, -0.1) is 11.3 Å². The first kappa shape index (κ1) is 15.3. The van der Waals surface area contributed by atoms with Crippen molar-refractivity contribution >= 4 is 27.3 Å². The standard InChI is InChI=1S/C12H17NO5S2/c1-8-3-4-9(11(14)15)7-13(8)20(16,17)12-10(18-2)5-6-19-12/h5-6,8-9H,3-4,7H2,1-2H3,(H,14,15). The number of carboxylic acids is 1. The number of nitrogens with zero attached hydrogens (tertiary/aromatic N) is 1. The molecule has 1 aliphatic heterocycles. The average Bonchev–Trinajstić information content (AvgIpc) is 2.87. The Morgan fingerprint density at radius 2 is 2.20 bits per heavy atom. The molecule has 8 heteroatoms. The fourth-order valence-electron chi connectivity index (χ4n) is 2.34. The van der Waals surface area contributed by atoms with Crippen LogP contribution in [0.1, 0.15) is 19.8 Å². The van der Waals surface area contributed by atoms with Gasteiger partial charge in [0.15, 0.2) is 4.21 Å². The van der Waals surface area contributed by atoms with Crippen molar-refractivity contribution in [3.8, 4) is 5.75 Å². The van der Waals surface area contributed by atoms with E-state index in [0.717, 1.165) is 11.3 Å². The van der Waals surface area contributed by atoms with Gasteiger partial charge < -0.3 is 9.84 Å². The van der Waals surface area contributed by atoms with Gasteiger partial charge in [0.05, 0.1) is 13.0 Å². The molecule has 1 aliphatic rings. The van der Waals surface area contributed by atoms with E-state index in [1.54, 1.807) is 18.4 Å². The Morgan fingerprint density at radius 1 is 1.50 bits per heavy atom. The molecule has 0 aromatic carbocycles. The molecule has 0 amide bonds. The summed E-state index contributed by atoms with van der Waals surface area (Å²) in [4.78, 5) is 11.1. The van der Waals surface area contributed by atoms with Gasteiger partial charge in [-0.2, -0.15) is 4.31 Å². The van der Waals surface area contributed by atoms with E-state index in [9.17, 15) is 13.2 Å². The number of carbonyl (C=O) groups is 1. The minimum absolute atomic E-state index is 0.0138. The number of rotatable bonds is 4. The second kappa shape index (κ2) is 5.71. The first-order chi connectivity index (χ1) is 9.37. The van der Waals surface area contributed by atoms with E-state index in [-0.39, 0.29) is 16.8 Å². The number of hydrogen-bond acceptors (Lipinski definition) is 5. The normalized spacial score (nSPS) is 24.5. The smallest absolute Gasteiger partial charge is 0.307 e. The Morgan fingerprint density at radius 3 is 2.80 bits per heavy atom. The van der Waals surface area contributed by atoms with Crippen molar-refractivity contribution < 1.29 is 23.1 Å². The summed E-state index contributed by atoms with van der Waals surface area (Å²) >= 11 is 1.08. The summed E-state index contributed by atoms with van der Waals surface area (Å²) in [5.74, 6) is -1.29. The average molecular weight is 319 g/mol. The van der Waals surface area contributed by atoms with Crippen LogP contribution in [0.25, 0.3) is 0 Å². The third-order valence-corrected chi connectivity index (χ3v) is 6.94. The third-order valence-electron chi connectivity index (χ3n) is 3.53. The van der Waals surface area contributed by atoms with E-state index in [1.165, 1.54) is 11.4 Å². The van der Waals surface area contributed by atoms with Gasteiger partial charge in [-0.1, -0.05) is 0 Å². The quantitative estimate of drug-likeness (QED) is 0.912. The molecule has 2 atom stereocenters. The van der Waals surface area contributed by atoms with Crippen molar-refractivity contribution in [3.63, 3.8) is 0 Å². The van der Waals surface area contributed by atoms with Crippen LogP contribution in [0.15, 0.2) is 15.7 Å². The number of thiophene rings is 1. The van der Waals surface area contributed by atoms with Crippen LogP contribution < -0.4 is 4.74 Å². The Bertz CT molecular complexity index is 595. The van der Waals surface area contributed by atoms with E-state index >= 15 is 0 Å². The molecule has 0 saturated carbocycles. The van der Waals surface area contributed by atoms with Gasteiger partial charge in [0, 0.05) is 12.6 Å². The highest BCUT2D eigenvalue weighted by atomic mass is 32.2. The first-order valence-electron chi connectivity index (χ1n) is 6.24. The number of piperidine rings is 1. The van der Waals surface area contributed by atoms with E-state index in [4.69, 9.17) is 9.84 Å². The second-order valence-electron chi connectivity index (χ2n) is 4.81. The Balaban J connectivity index is 2.34. The Labute approximate surface area is 122 Å². The van der Waals surface area contributed by atoms with Gasteiger partial charge in [0.25, 0.3) is 10.0 Å². The van der Waals surface area contributed by atoms with Crippen molar-refractivity contribution in [2.75, 3.05) is 13.7 Å². The molecule has 1 fully saturated rings. The highest BCUT2D eigenvalue weighted by molar-refractivity contribution is 7.91. The summed E-state index contributed by atoms with van der Waals surface area (Å²) in [7, 11) is -2.30. The van der Waals surface area contributed by atoms with Crippen LogP contribution in [0.3, 0.4) is 0 Å². The van der Waals surface area contributed by atoms with E-state index < -0.39 is 21.9 Å². The molecule has 1 aromatic heterocycles. The number of aliphatic carboxylic acids is 1. The predicted octanol–water partition coefficient (Wildman–Crippen LogP) is 1.63. The van der Waals surface area contributed by atoms with Crippen molar-refractivity contribution in [2.24, 2.45) is 5.92 Å². The maximum atomic E-state index is 12.7. The van der Waals surface area contributed by atoms with Crippen LogP contribution in [0, 0.1) is 5.92 Å². The zero-order valence-corrected chi connectivity index (χ0v) is 12.9. The van der Waals surface area contributed by atoms with Crippen LogP contribution in [-0.4, -0.2) is 43.5 Å². The zero-order valence-electron chi connectivity index (χ0n) is 11.3. The molecule has 2 unspecified atom stereocenters. The van der Waals surface area contributed by atoms with E-state index in [1.807, 2.05) is 0 Å². The molecule has 2 rings (SSSR count). The molecular formula is C12H17NO5S2. The first-order valence-corrected chi connectivity index (χ1v) is 8.56. The lowest BCUT2D eigenvalue weighted by atomic mass is 9.96. The van der Waals surface area contributed by atoms with Gasteiger partial charge in [0.2, 0.25) is 0 Å². The van der Waals surface area contributed by atoms with Gasteiger partial charge >= 0.3 is 5.97 Å². The second-order valence-corrected chi connectivity index (χ2v) is 7.81. The van der Waals surface area contributed by atoms with Crippen LogP contribution in [0.5, 0.6) is 5.75 Å². The van der Waals surface area contributed by atoms with Gasteiger partial charge in [-0.3, -0.25) is 4.79 Å². The van der Waals surface area contributed by atoms with Crippen LogP contribution in [-0.2, 0) is 14.8 Å². The molecule has 2 heterocycles. The predicted molar refractivity (Wildman–Crippen MR) is 74.6 cm³/mol. The molecule has 0 bridgehead atoms. The van der Waals surface area contributed by atoms with Gasteiger partial charge in [-0.05, 0) is 31.2 Å². The molecule has 0 radical (unpaired) electrons. The molecule has 20 heavy (non-hydrogen) atoms. The summed E-state index contributed by atoms with van der Waals surface area (Å²) in [6.07, 6.45) is 1.05. The molecule has 0 spiro atoms. The van der Waals surface area contributed by atoms with Crippen LogP contribution in [0.4, 0.5) is 0 Å². The summed E-state index contributed by atoms with van der Waals surface area (Å²) < 4.78 is 31.8. The molecule has 1 aromatic rings. The number of hydrogen-bond donors (Lipinski definition) is 1. The van der Waals surface area contributed by atoms with Crippen molar-refractivity contribution in [3.05, 3.63) is 11.4 Å². The molecular weight excluding hydrogens is 302 g/mol. The van der Waals surface area contributed by atoms with Crippen LogP contribution >= 0.6 is 11.3 Å². The lowest BCUT2D eigenvalue weighted by Crippen LogP contribution is -2.47. The molecule has 6 nitrogen and oxygen atoms in total. The number of ether oxygens (including phenoxy) is 1. The number of methoxy groups -OCH3 is 1. The third kappa shape index (κ3) is 2.68. The van der Waals surface area contributed by atoms with Crippen molar-refractivity contribution in [2.45, 2.75) is 30.0 Å². The maximum Gasteiger partial charge on any atom is 0.307 e. The SMILES string of the molecule is COc1ccsc1S(=O)(=O)N1CC(C(=O)O)CCC1C. The van der Waals surface area contributed by atoms with Gasteiger partial charge in [0.1, 0.15) is 5.75 Å². The fraction of sp³-hybridized carbons (Fsp3) is 0.583. The van der Waals surface area contributed by atoms with Crippen molar-refractivity contribution in [1.29, 1.82) is 0 Å². The topological polar surface area (TPSA) is 83.9 Å². The van der Waals surface area contributed by atoms with Gasteiger partial charge in [-0.25, -0.2) is 8.42 Å². The Kier molecular flexibility index (Phi) is 4.36. The number of carboxylic acid groups (broad SMARTS) is 1. The van der Waals surface area contributed by atoms with E-state index in [0.29, 0.717) is 18.6 Å². The zero-order chi connectivity index (χ0) is 14.9. The lowest BCUT2D eigenvalue weighted by molar-refractivity contribution is -0.143. The van der Waals surface area contributed by atoms with Crippen LogP contribution in [0.2, 0.25) is 0 Å². The summed E-state index contributed by atoms with van der Waals surface area (Å²) in [6.45, 7) is 1.82. The fourth-order valence-corrected chi connectivity index (χ4v) is 5.44. The minimum atomic E-state index is -3.71.